The molecule has 0 saturated heterocycles. The average Bonchev–Trinajstić information content (AvgIpc) is 2.32. The second kappa shape index (κ2) is 9.12. The van der Waals surface area contributed by atoms with Gasteiger partial charge in [0.1, 0.15) is 12.4 Å². The van der Waals surface area contributed by atoms with Gasteiger partial charge in [-0.2, -0.15) is 0 Å². The van der Waals surface area contributed by atoms with Gasteiger partial charge in [0, 0.05) is 26.2 Å². The molecular formula is C12H20O4. The number of carbonyl (C=O) groups is 1. The Kier molecular flexibility index (Phi) is 8.48. The Morgan fingerprint density at radius 2 is 1.88 bits per heavy atom. The highest BCUT2D eigenvalue weighted by atomic mass is 16.5. The molecule has 4 heteroatoms. The van der Waals surface area contributed by atoms with E-state index < -0.39 is 0 Å². The molecule has 0 aliphatic carbocycles. The molecule has 0 bridgehead atoms. The zero-order chi connectivity index (χ0) is 12.4. The molecule has 0 rings (SSSR count). The minimum absolute atomic E-state index is 0.0581. The third-order valence-electron chi connectivity index (χ3n) is 1.98. The van der Waals surface area contributed by atoms with Gasteiger partial charge in [0.05, 0.1) is 13.7 Å². The van der Waals surface area contributed by atoms with Crippen LogP contribution < -0.4 is 0 Å². The molecule has 0 N–H and O–H groups in total. The first-order valence-electron chi connectivity index (χ1n) is 5.15. The van der Waals surface area contributed by atoms with Crippen molar-refractivity contribution < 1.29 is 19.0 Å². The molecule has 0 heterocycles. The van der Waals surface area contributed by atoms with Gasteiger partial charge in [-0.1, -0.05) is 6.92 Å². The van der Waals surface area contributed by atoms with Gasteiger partial charge in [-0.15, -0.1) is 0 Å². The first-order chi connectivity index (χ1) is 7.69. The van der Waals surface area contributed by atoms with Crippen LogP contribution in [0.4, 0.5) is 0 Å². The molecule has 0 spiro atoms. The molecule has 4 nitrogen and oxygen atoms in total. The minimum Gasteiger partial charge on any atom is -0.499 e. The third kappa shape index (κ3) is 5.68. The van der Waals surface area contributed by atoms with Crippen LogP contribution in [0.1, 0.15) is 13.3 Å². The quantitative estimate of drug-likeness (QED) is 0.360. The molecular weight excluding hydrogens is 208 g/mol. The molecule has 0 fully saturated rings. The summed E-state index contributed by atoms with van der Waals surface area (Å²) in [6.45, 7) is 2.57. The van der Waals surface area contributed by atoms with E-state index in [0.29, 0.717) is 31.0 Å². The lowest BCUT2D eigenvalue weighted by Gasteiger charge is -2.06. The molecule has 0 unspecified atom stereocenters. The molecule has 0 aromatic carbocycles. The van der Waals surface area contributed by atoms with Crippen LogP contribution in [0.2, 0.25) is 0 Å². The molecule has 0 aromatic heterocycles. The molecule has 0 aromatic rings. The Hall–Kier alpha value is -1.13. The van der Waals surface area contributed by atoms with Crippen molar-refractivity contribution in [2.75, 3.05) is 34.5 Å². The van der Waals surface area contributed by atoms with Crippen molar-refractivity contribution in [3.63, 3.8) is 0 Å². The van der Waals surface area contributed by atoms with Crippen molar-refractivity contribution in [3.05, 3.63) is 23.5 Å². The Bertz CT molecular complexity index is 266. The first-order valence-corrected chi connectivity index (χ1v) is 5.15. The van der Waals surface area contributed by atoms with E-state index in [9.17, 15) is 4.79 Å². The Morgan fingerprint density at radius 1 is 1.19 bits per heavy atom. The summed E-state index contributed by atoms with van der Waals surface area (Å²) in [6, 6.07) is 0. The second-order valence-electron chi connectivity index (χ2n) is 3.14. The van der Waals surface area contributed by atoms with Crippen molar-refractivity contribution in [3.8, 4) is 0 Å². The fourth-order valence-electron chi connectivity index (χ4n) is 1.11. The van der Waals surface area contributed by atoms with Crippen LogP contribution in [0, 0.1) is 0 Å². The van der Waals surface area contributed by atoms with E-state index in [1.165, 1.54) is 0 Å². The van der Waals surface area contributed by atoms with E-state index in [-0.39, 0.29) is 5.78 Å². The SMILES string of the molecule is CCC(=O)C(/C=C(\COC)OC)=C/COC. The summed E-state index contributed by atoms with van der Waals surface area (Å²) >= 11 is 0. The van der Waals surface area contributed by atoms with Gasteiger partial charge >= 0.3 is 0 Å². The van der Waals surface area contributed by atoms with Gasteiger partial charge in [0.15, 0.2) is 5.78 Å². The molecule has 0 atom stereocenters. The topological polar surface area (TPSA) is 44.8 Å². The number of rotatable bonds is 8. The van der Waals surface area contributed by atoms with E-state index in [2.05, 4.69) is 0 Å². The standard InChI is InChI=1S/C12H20O4/c1-5-12(13)10(6-7-14-2)8-11(16-4)9-15-3/h6,8H,5,7,9H2,1-4H3/b10-6+,11-8+. The number of Topliss-reactive ketones (excluding diaryl/α,β-unsaturated/α-hetero) is 1. The van der Waals surface area contributed by atoms with Crippen LogP contribution in [0.15, 0.2) is 23.5 Å². The van der Waals surface area contributed by atoms with Crippen molar-refractivity contribution in [1.29, 1.82) is 0 Å². The third-order valence-corrected chi connectivity index (χ3v) is 1.98. The Morgan fingerprint density at radius 3 is 2.31 bits per heavy atom. The molecule has 0 aliphatic heterocycles. The lowest BCUT2D eigenvalue weighted by Crippen LogP contribution is -2.04. The number of ketones is 1. The van der Waals surface area contributed by atoms with Gasteiger partial charge in [0.2, 0.25) is 0 Å². The van der Waals surface area contributed by atoms with E-state index in [4.69, 9.17) is 14.2 Å². The fourth-order valence-corrected chi connectivity index (χ4v) is 1.11. The van der Waals surface area contributed by atoms with Gasteiger partial charge in [-0.3, -0.25) is 4.79 Å². The number of hydrogen-bond acceptors (Lipinski definition) is 4. The molecule has 0 aliphatic rings. The minimum atomic E-state index is 0.0581. The molecule has 0 amide bonds. The number of methoxy groups -OCH3 is 3. The van der Waals surface area contributed by atoms with Gasteiger partial charge in [0.25, 0.3) is 0 Å². The van der Waals surface area contributed by atoms with Gasteiger partial charge in [-0.25, -0.2) is 0 Å². The molecule has 0 saturated carbocycles. The molecule has 0 radical (unpaired) electrons. The van der Waals surface area contributed by atoms with Crippen LogP contribution >= 0.6 is 0 Å². The van der Waals surface area contributed by atoms with Crippen LogP contribution in [0.25, 0.3) is 0 Å². The summed E-state index contributed by atoms with van der Waals surface area (Å²) in [6.07, 6.45) is 3.88. The molecule has 92 valence electrons. The highest BCUT2D eigenvalue weighted by molar-refractivity contribution is 5.97. The zero-order valence-corrected chi connectivity index (χ0v) is 10.4. The van der Waals surface area contributed by atoms with E-state index in [0.717, 1.165) is 0 Å². The van der Waals surface area contributed by atoms with E-state index in [1.807, 2.05) is 6.92 Å². The maximum Gasteiger partial charge on any atom is 0.162 e. The summed E-state index contributed by atoms with van der Waals surface area (Å²) in [4.78, 5) is 11.6. The summed E-state index contributed by atoms with van der Waals surface area (Å²) in [5, 5.41) is 0. The smallest absolute Gasteiger partial charge is 0.162 e. The van der Waals surface area contributed by atoms with Crippen LogP contribution in [-0.4, -0.2) is 40.3 Å². The summed E-state index contributed by atoms with van der Waals surface area (Å²) in [5.74, 6) is 0.675. The van der Waals surface area contributed by atoms with Crippen molar-refractivity contribution in [2.45, 2.75) is 13.3 Å². The maximum atomic E-state index is 11.6. The van der Waals surface area contributed by atoms with Gasteiger partial charge < -0.3 is 14.2 Å². The summed E-state index contributed by atoms with van der Waals surface area (Å²) < 4.78 is 15.0. The van der Waals surface area contributed by atoms with Crippen molar-refractivity contribution in [2.24, 2.45) is 0 Å². The Labute approximate surface area is 96.9 Å². The number of carbonyl (C=O) groups excluding carboxylic acids is 1. The monoisotopic (exact) mass is 228 g/mol. The second-order valence-corrected chi connectivity index (χ2v) is 3.14. The first kappa shape index (κ1) is 14.9. The van der Waals surface area contributed by atoms with Crippen LogP contribution in [-0.2, 0) is 19.0 Å². The van der Waals surface area contributed by atoms with Crippen LogP contribution in [0.5, 0.6) is 0 Å². The number of allylic oxidation sites excluding steroid dienone is 2. The summed E-state index contributed by atoms with van der Waals surface area (Å²) in [7, 11) is 4.71. The highest BCUT2D eigenvalue weighted by Crippen LogP contribution is 2.07. The highest BCUT2D eigenvalue weighted by Gasteiger charge is 2.06. The Balaban J connectivity index is 4.81. The maximum absolute atomic E-state index is 11.6. The van der Waals surface area contributed by atoms with E-state index in [1.54, 1.807) is 33.5 Å². The normalized spacial score (nSPS) is 12.8. The van der Waals surface area contributed by atoms with E-state index >= 15 is 0 Å². The average molecular weight is 228 g/mol. The van der Waals surface area contributed by atoms with Crippen molar-refractivity contribution in [1.82, 2.24) is 0 Å². The zero-order valence-electron chi connectivity index (χ0n) is 10.4. The molecule has 16 heavy (non-hydrogen) atoms. The number of hydrogen-bond donors (Lipinski definition) is 0. The predicted octanol–water partition coefficient (Wildman–Crippen LogP) is 1.72. The van der Waals surface area contributed by atoms with Crippen molar-refractivity contribution >= 4 is 5.78 Å². The largest absolute Gasteiger partial charge is 0.499 e. The lowest BCUT2D eigenvalue weighted by molar-refractivity contribution is -0.115. The summed E-state index contributed by atoms with van der Waals surface area (Å²) in [5.41, 5.74) is 0.596. The fraction of sp³-hybridized carbons (Fsp3) is 0.583. The lowest BCUT2D eigenvalue weighted by atomic mass is 10.1. The van der Waals surface area contributed by atoms with Crippen LogP contribution in [0.3, 0.4) is 0 Å². The van der Waals surface area contributed by atoms with Gasteiger partial charge in [-0.05, 0) is 12.2 Å². The number of ether oxygens (including phenoxy) is 3. The predicted molar refractivity (Wildman–Crippen MR) is 62.2 cm³/mol.